The molecule has 0 atom stereocenters. The lowest BCUT2D eigenvalue weighted by Crippen LogP contribution is -2.15. The molecule has 19 heavy (non-hydrogen) atoms. The molecule has 5 nitrogen and oxygen atoms in total. The Morgan fingerprint density at radius 3 is 2.42 bits per heavy atom. The fourth-order valence-electron chi connectivity index (χ4n) is 1.28. The highest BCUT2D eigenvalue weighted by molar-refractivity contribution is 6.40. The van der Waals surface area contributed by atoms with E-state index in [0.717, 1.165) is 0 Å². The number of Topliss-reactive ketones (excluding diaryl/α,β-unsaturated/α-hetero) is 1. The Bertz CT molecular complexity index is 447. The molecule has 0 saturated carbocycles. The summed E-state index contributed by atoms with van der Waals surface area (Å²) >= 11 is 0. The molecule has 1 aromatic rings. The minimum atomic E-state index is -0.881. The van der Waals surface area contributed by atoms with Crippen molar-refractivity contribution < 1.29 is 23.8 Å². The molecule has 0 aliphatic heterocycles. The van der Waals surface area contributed by atoms with Gasteiger partial charge in [-0.1, -0.05) is 6.08 Å². The van der Waals surface area contributed by atoms with Crippen LogP contribution in [-0.4, -0.2) is 32.1 Å². The minimum Gasteiger partial charge on any atom is -0.498 e. The van der Waals surface area contributed by atoms with Crippen molar-refractivity contribution >= 4 is 11.8 Å². The summed E-state index contributed by atoms with van der Waals surface area (Å²) in [6.07, 6.45) is 3.37. The molecule has 0 heterocycles. The van der Waals surface area contributed by atoms with Crippen LogP contribution in [0.25, 0.3) is 0 Å². The van der Waals surface area contributed by atoms with Gasteiger partial charge < -0.3 is 14.2 Å². The number of rotatable bonds is 7. The Labute approximate surface area is 111 Å². The van der Waals surface area contributed by atoms with Crippen molar-refractivity contribution in [3.05, 3.63) is 42.2 Å². The summed E-state index contributed by atoms with van der Waals surface area (Å²) < 4.78 is 14.8. The van der Waals surface area contributed by atoms with Crippen molar-refractivity contribution in [1.82, 2.24) is 0 Å². The van der Waals surface area contributed by atoms with Gasteiger partial charge in [-0.15, -0.1) is 0 Å². The molecule has 0 aliphatic rings. The summed E-state index contributed by atoms with van der Waals surface area (Å²) in [6, 6.07) is 6.26. The number of hydrogen-bond acceptors (Lipinski definition) is 5. The van der Waals surface area contributed by atoms with Gasteiger partial charge in [0.05, 0.1) is 13.4 Å². The lowest BCUT2D eigenvalue weighted by Gasteiger charge is -2.06. The summed E-state index contributed by atoms with van der Waals surface area (Å²) in [5.41, 5.74) is 0.268. The molecule has 0 aromatic heterocycles. The van der Waals surface area contributed by atoms with Gasteiger partial charge in [0.2, 0.25) is 0 Å². The van der Waals surface area contributed by atoms with Gasteiger partial charge in [0.1, 0.15) is 19.0 Å². The van der Waals surface area contributed by atoms with Crippen molar-refractivity contribution in [3.63, 3.8) is 0 Å². The van der Waals surface area contributed by atoms with E-state index in [2.05, 4.69) is 4.74 Å². The summed E-state index contributed by atoms with van der Waals surface area (Å²) in [6.45, 7) is 2.69. The lowest BCUT2D eigenvalue weighted by molar-refractivity contribution is -0.135. The van der Waals surface area contributed by atoms with Crippen LogP contribution >= 0.6 is 0 Å². The Morgan fingerprint density at radius 1 is 1.16 bits per heavy atom. The fourth-order valence-corrected chi connectivity index (χ4v) is 1.28. The maximum atomic E-state index is 11.5. The average Bonchev–Trinajstić information content (AvgIpc) is 2.46. The number of esters is 1. The van der Waals surface area contributed by atoms with Crippen LogP contribution in [0.1, 0.15) is 17.3 Å². The molecule has 0 saturated heterocycles. The molecule has 0 fully saturated rings. The minimum absolute atomic E-state index is 0.268. The van der Waals surface area contributed by atoms with E-state index in [-0.39, 0.29) is 5.56 Å². The van der Waals surface area contributed by atoms with E-state index in [1.54, 1.807) is 24.5 Å². The van der Waals surface area contributed by atoms with Crippen LogP contribution in [-0.2, 0) is 14.3 Å². The number of benzene rings is 1. The van der Waals surface area contributed by atoms with Crippen LogP contribution in [0.4, 0.5) is 0 Å². The zero-order valence-corrected chi connectivity index (χ0v) is 10.9. The van der Waals surface area contributed by atoms with E-state index in [1.165, 1.54) is 19.2 Å². The number of hydrogen-bond donors (Lipinski definition) is 0. The SMILES string of the molecule is CC=COCCOc1ccc(C(=O)C(=O)OC)cc1. The molecule has 0 N–H and O–H groups in total. The molecular weight excluding hydrogens is 248 g/mol. The molecule has 0 aliphatic carbocycles. The van der Waals surface area contributed by atoms with Crippen LogP contribution < -0.4 is 4.74 Å². The van der Waals surface area contributed by atoms with E-state index in [1.807, 2.05) is 6.92 Å². The van der Waals surface area contributed by atoms with Crippen molar-refractivity contribution in [2.75, 3.05) is 20.3 Å². The third kappa shape index (κ3) is 4.83. The van der Waals surface area contributed by atoms with E-state index in [4.69, 9.17) is 9.47 Å². The summed E-state index contributed by atoms with van der Waals surface area (Å²) in [5.74, 6) is -0.954. The smallest absolute Gasteiger partial charge is 0.379 e. The van der Waals surface area contributed by atoms with Crippen LogP contribution in [0.2, 0.25) is 0 Å². The monoisotopic (exact) mass is 264 g/mol. The highest BCUT2D eigenvalue weighted by Gasteiger charge is 2.16. The maximum absolute atomic E-state index is 11.5. The molecule has 1 rings (SSSR count). The molecule has 0 amide bonds. The number of allylic oxidation sites excluding steroid dienone is 1. The largest absolute Gasteiger partial charge is 0.498 e. The van der Waals surface area contributed by atoms with Gasteiger partial charge in [-0.05, 0) is 31.2 Å². The molecule has 0 bridgehead atoms. The Hall–Kier alpha value is -2.30. The molecule has 5 heteroatoms. The van der Waals surface area contributed by atoms with Gasteiger partial charge in [-0.2, -0.15) is 0 Å². The number of carbonyl (C=O) groups excluding carboxylic acids is 2. The third-order valence-corrected chi connectivity index (χ3v) is 2.19. The molecule has 102 valence electrons. The van der Waals surface area contributed by atoms with Crippen LogP contribution in [0.15, 0.2) is 36.6 Å². The second kappa shape index (κ2) is 7.92. The first-order valence-corrected chi connectivity index (χ1v) is 5.77. The first-order chi connectivity index (χ1) is 9.19. The normalized spacial score (nSPS) is 10.2. The summed E-state index contributed by atoms with van der Waals surface area (Å²) in [7, 11) is 1.17. The average molecular weight is 264 g/mol. The van der Waals surface area contributed by atoms with Gasteiger partial charge in [-0.3, -0.25) is 4.79 Å². The zero-order chi connectivity index (χ0) is 14.1. The first kappa shape index (κ1) is 14.8. The van der Waals surface area contributed by atoms with Gasteiger partial charge >= 0.3 is 5.97 Å². The maximum Gasteiger partial charge on any atom is 0.379 e. The van der Waals surface area contributed by atoms with Crippen LogP contribution in [0.3, 0.4) is 0 Å². The van der Waals surface area contributed by atoms with E-state index >= 15 is 0 Å². The Balaban J connectivity index is 2.47. The second-order valence-corrected chi connectivity index (χ2v) is 3.53. The highest BCUT2D eigenvalue weighted by Crippen LogP contribution is 2.12. The second-order valence-electron chi connectivity index (χ2n) is 3.53. The van der Waals surface area contributed by atoms with E-state index < -0.39 is 11.8 Å². The number of ketones is 1. The predicted molar refractivity (Wildman–Crippen MR) is 69.0 cm³/mol. The number of carbonyl (C=O) groups is 2. The summed E-state index contributed by atoms with van der Waals surface area (Å²) in [5, 5.41) is 0. The van der Waals surface area contributed by atoms with Crippen molar-refractivity contribution in [1.29, 1.82) is 0 Å². The van der Waals surface area contributed by atoms with Gasteiger partial charge in [0.25, 0.3) is 5.78 Å². The Morgan fingerprint density at radius 2 is 1.84 bits per heavy atom. The van der Waals surface area contributed by atoms with Crippen molar-refractivity contribution in [3.8, 4) is 5.75 Å². The Kier molecular flexibility index (Phi) is 6.15. The van der Waals surface area contributed by atoms with Gasteiger partial charge in [0, 0.05) is 5.56 Å². The van der Waals surface area contributed by atoms with E-state index in [0.29, 0.717) is 19.0 Å². The topological polar surface area (TPSA) is 61.8 Å². The fraction of sp³-hybridized carbons (Fsp3) is 0.286. The number of ether oxygens (including phenoxy) is 3. The van der Waals surface area contributed by atoms with Gasteiger partial charge in [0.15, 0.2) is 0 Å². The molecular formula is C14H16O5. The van der Waals surface area contributed by atoms with Gasteiger partial charge in [-0.25, -0.2) is 4.79 Å². The van der Waals surface area contributed by atoms with Crippen LogP contribution in [0.5, 0.6) is 5.75 Å². The molecule has 0 spiro atoms. The predicted octanol–water partition coefficient (Wildman–Crippen LogP) is 1.97. The molecule has 0 unspecified atom stereocenters. The number of methoxy groups -OCH3 is 1. The summed E-state index contributed by atoms with van der Waals surface area (Å²) in [4.78, 5) is 22.5. The quantitative estimate of drug-likeness (QED) is 0.248. The third-order valence-electron chi connectivity index (χ3n) is 2.19. The van der Waals surface area contributed by atoms with E-state index in [9.17, 15) is 9.59 Å². The first-order valence-electron chi connectivity index (χ1n) is 5.77. The molecule has 0 radical (unpaired) electrons. The standard InChI is InChI=1S/C14H16O5/c1-3-8-18-9-10-19-12-6-4-11(5-7-12)13(15)14(16)17-2/h3-8H,9-10H2,1-2H3. The van der Waals surface area contributed by atoms with Crippen molar-refractivity contribution in [2.24, 2.45) is 0 Å². The lowest BCUT2D eigenvalue weighted by atomic mass is 10.1. The van der Waals surface area contributed by atoms with Crippen LogP contribution in [0, 0.1) is 0 Å². The van der Waals surface area contributed by atoms with Crippen molar-refractivity contribution in [2.45, 2.75) is 6.92 Å². The zero-order valence-electron chi connectivity index (χ0n) is 10.9. The highest BCUT2D eigenvalue weighted by atomic mass is 16.5. The molecule has 1 aromatic carbocycles.